The number of aliphatic hydroxyl groups is 2. The van der Waals surface area contributed by atoms with Crippen molar-refractivity contribution in [3.63, 3.8) is 0 Å². The van der Waals surface area contributed by atoms with Crippen molar-refractivity contribution in [2.45, 2.75) is 24.0 Å². The van der Waals surface area contributed by atoms with Crippen molar-refractivity contribution < 1.29 is 18.6 Å². The van der Waals surface area contributed by atoms with Crippen LogP contribution in [0.25, 0.3) is 0 Å². The van der Waals surface area contributed by atoms with Crippen LogP contribution in [0.5, 0.6) is 0 Å². The fourth-order valence-electron chi connectivity index (χ4n) is 2.01. The number of rotatable bonds is 2. The number of anilines is 1. The van der Waals surface area contributed by atoms with Gasteiger partial charge in [-0.15, -0.1) is 0 Å². The van der Waals surface area contributed by atoms with E-state index in [1.807, 2.05) is 0 Å². The van der Waals surface area contributed by atoms with Crippen LogP contribution < -0.4 is 5.73 Å². The Kier molecular flexibility index (Phi) is 3.90. The number of β-amino-alcohol motifs (C(OH)–C–C–N with tert-alkyl or cyclic N) is 2. The van der Waals surface area contributed by atoms with E-state index in [1.165, 1.54) is 6.07 Å². The number of nitrogens with zero attached hydrogens (tertiary/aromatic N) is 1. The SMILES string of the molecule is Cc1c(N)cc(Br)cc1S(=O)(=O)N1CC(O)C(O)C1. The van der Waals surface area contributed by atoms with E-state index in [9.17, 15) is 18.6 Å². The molecule has 0 saturated carbocycles. The average Bonchev–Trinajstić information content (AvgIpc) is 2.65. The van der Waals surface area contributed by atoms with Crippen LogP contribution in [0, 0.1) is 6.92 Å². The first-order valence-electron chi connectivity index (χ1n) is 5.65. The molecule has 2 atom stereocenters. The number of benzene rings is 1. The van der Waals surface area contributed by atoms with E-state index in [1.54, 1.807) is 13.0 Å². The Labute approximate surface area is 120 Å². The summed E-state index contributed by atoms with van der Waals surface area (Å²) in [6.45, 7) is 1.39. The molecule has 4 N–H and O–H groups in total. The number of nitrogens with two attached hydrogens (primary N) is 1. The largest absolute Gasteiger partial charge is 0.398 e. The maximum absolute atomic E-state index is 12.5. The van der Waals surface area contributed by atoms with Gasteiger partial charge >= 0.3 is 0 Å². The van der Waals surface area contributed by atoms with Crippen LogP contribution >= 0.6 is 15.9 Å². The van der Waals surface area contributed by atoms with E-state index in [2.05, 4.69) is 15.9 Å². The molecule has 2 unspecified atom stereocenters. The number of hydrogen-bond acceptors (Lipinski definition) is 5. The summed E-state index contributed by atoms with van der Waals surface area (Å²) in [5.74, 6) is 0. The minimum absolute atomic E-state index is 0.0840. The molecule has 1 aliphatic heterocycles. The minimum atomic E-state index is -3.78. The van der Waals surface area contributed by atoms with Crippen molar-refractivity contribution in [3.05, 3.63) is 22.2 Å². The molecule has 1 aromatic carbocycles. The highest BCUT2D eigenvalue weighted by atomic mass is 79.9. The van der Waals surface area contributed by atoms with Gasteiger partial charge in [0.1, 0.15) is 0 Å². The predicted octanol–water partition coefficient (Wildman–Crippen LogP) is 0.0658. The Hall–Kier alpha value is -0.670. The van der Waals surface area contributed by atoms with Gasteiger partial charge in [0.05, 0.1) is 17.1 Å². The van der Waals surface area contributed by atoms with Crippen LogP contribution in [0.4, 0.5) is 5.69 Å². The summed E-state index contributed by atoms with van der Waals surface area (Å²) in [7, 11) is -3.78. The molecule has 0 aromatic heterocycles. The number of nitrogen functional groups attached to an aromatic ring is 1. The van der Waals surface area contributed by atoms with Crippen molar-refractivity contribution in [1.29, 1.82) is 0 Å². The number of hydrogen-bond donors (Lipinski definition) is 3. The third kappa shape index (κ3) is 2.63. The molecule has 2 rings (SSSR count). The summed E-state index contributed by atoms with van der Waals surface area (Å²) >= 11 is 3.21. The fourth-order valence-corrected chi connectivity index (χ4v) is 4.40. The molecule has 8 heteroatoms. The Morgan fingerprint density at radius 1 is 1.32 bits per heavy atom. The normalized spacial score (nSPS) is 24.8. The Morgan fingerprint density at radius 3 is 2.37 bits per heavy atom. The van der Waals surface area contributed by atoms with Crippen LogP contribution in [0.15, 0.2) is 21.5 Å². The molecule has 19 heavy (non-hydrogen) atoms. The first-order chi connectivity index (χ1) is 8.73. The summed E-state index contributed by atoms with van der Waals surface area (Å²) in [5.41, 5.74) is 6.59. The van der Waals surface area contributed by atoms with E-state index in [-0.39, 0.29) is 18.0 Å². The second-order valence-electron chi connectivity index (χ2n) is 4.57. The topological polar surface area (TPSA) is 104 Å². The molecule has 1 saturated heterocycles. The maximum atomic E-state index is 12.5. The minimum Gasteiger partial charge on any atom is -0.398 e. The van der Waals surface area contributed by atoms with Gasteiger partial charge in [-0.2, -0.15) is 4.31 Å². The Balaban J connectivity index is 2.46. The lowest BCUT2D eigenvalue weighted by Crippen LogP contribution is -2.30. The number of halogens is 1. The predicted molar refractivity (Wildman–Crippen MR) is 74.1 cm³/mol. The van der Waals surface area contributed by atoms with Gasteiger partial charge in [-0.25, -0.2) is 8.42 Å². The third-order valence-corrected chi connectivity index (χ3v) is 5.62. The molecule has 1 aromatic rings. The van der Waals surface area contributed by atoms with Crippen molar-refractivity contribution in [3.8, 4) is 0 Å². The quantitative estimate of drug-likeness (QED) is 0.654. The summed E-state index contributed by atoms with van der Waals surface area (Å²) < 4.78 is 26.6. The fraction of sp³-hybridized carbons (Fsp3) is 0.455. The van der Waals surface area contributed by atoms with Crippen LogP contribution in [0.3, 0.4) is 0 Å². The van der Waals surface area contributed by atoms with Crippen molar-refractivity contribution >= 4 is 31.6 Å². The highest BCUT2D eigenvalue weighted by Gasteiger charge is 2.38. The third-order valence-electron chi connectivity index (χ3n) is 3.21. The van der Waals surface area contributed by atoms with Crippen molar-refractivity contribution in [2.24, 2.45) is 0 Å². The van der Waals surface area contributed by atoms with Gasteiger partial charge in [0.2, 0.25) is 10.0 Å². The summed E-state index contributed by atoms with van der Waals surface area (Å²) in [4.78, 5) is 0.0840. The first kappa shape index (κ1) is 14.7. The van der Waals surface area contributed by atoms with Gasteiger partial charge < -0.3 is 15.9 Å². The summed E-state index contributed by atoms with van der Waals surface area (Å²) in [6.07, 6.45) is -2.11. The molecule has 106 valence electrons. The zero-order valence-electron chi connectivity index (χ0n) is 10.2. The lowest BCUT2D eigenvalue weighted by Gasteiger charge is -2.18. The maximum Gasteiger partial charge on any atom is 0.243 e. The Morgan fingerprint density at radius 2 is 1.84 bits per heavy atom. The van der Waals surface area contributed by atoms with Gasteiger partial charge in [0.15, 0.2) is 0 Å². The highest BCUT2D eigenvalue weighted by Crippen LogP contribution is 2.30. The monoisotopic (exact) mass is 350 g/mol. The standard InChI is InChI=1S/C11H15BrN2O4S/c1-6-8(13)2-7(12)3-11(6)19(17,18)14-4-9(15)10(16)5-14/h2-3,9-10,15-16H,4-5,13H2,1H3. The lowest BCUT2D eigenvalue weighted by molar-refractivity contribution is 0.0572. The van der Waals surface area contributed by atoms with E-state index in [0.717, 1.165) is 4.31 Å². The molecule has 6 nitrogen and oxygen atoms in total. The number of sulfonamides is 1. The van der Waals surface area contributed by atoms with Crippen LogP contribution in [0.2, 0.25) is 0 Å². The molecule has 0 aliphatic carbocycles. The van der Waals surface area contributed by atoms with E-state index < -0.39 is 22.2 Å². The molecular formula is C11H15BrN2O4S. The lowest BCUT2D eigenvalue weighted by atomic mass is 10.2. The smallest absolute Gasteiger partial charge is 0.243 e. The number of aliphatic hydroxyl groups excluding tert-OH is 2. The molecule has 1 fully saturated rings. The molecule has 0 amide bonds. The second kappa shape index (κ2) is 5.02. The van der Waals surface area contributed by atoms with Crippen LogP contribution in [-0.2, 0) is 10.0 Å². The average molecular weight is 351 g/mol. The van der Waals surface area contributed by atoms with Gasteiger partial charge in [-0.05, 0) is 24.6 Å². The van der Waals surface area contributed by atoms with Crippen LogP contribution in [0.1, 0.15) is 5.56 Å². The first-order valence-corrected chi connectivity index (χ1v) is 7.88. The van der Waals surface area contributed by atoms with Gasteiger partial charge in [0, 0.05) is 23.2 Å². The summed E-state index contributed by atoms with van der Waals surface area (Å²) in [6, 6.07) is 3.10. The zero-order valence-corrected chi connectivity index (χ0v) is 12.6. The molecule has 1 aliphatic rings. The van der Waals surface area contributed by atoms with E-state index >= 15 is 0 Å². The second-order valence-corrected chi connectivity index (χ2v) is 7.40. The van der Waals surface area contributed by atoms with Gasteiger partial charge in [-0.1, -0.05) is 15.9 Å². The zero-order chi connectivity index (χ0) is 14.4. The van der Waals surface area contributed by atoms with E-state index in [0.29, 0.717) is 15.7 Å². The van der Waals surface area contributed by atoms with Gasteiger partial charge in [0.25, 0.3) is 0 Å². The van der Waals surface area contributed by atoms with Crippen molar-refractivity contribution in [1.82, 2.24) is 4.31 Å². The van der Waals surface area contributed by atoms with Crippen molar-refractivity contribution in [2.75, 3.05) is 18.8 Å². The van der Waals surface area contributed by atoms with Gasteiger partial charge in [-0.3, -0.25) is 0 Å². The molecular weight excluding hydrogens is 336 g/mol. The Bertz CT molecular complexity index is 595. The highest BCUT2D eigenvalue weighted by molar-refractivity contribution is 9.10. The van der Waals surface area contributed by atoms with E-state index in [4.69, 9.17) is 5.73 Å². The molecule has 1 heterocycles. The molecule has 0 radical (unpaired) electrons. The summed E-state index contributed by atoms with van der Waals surface area (Å²) in [5, 5.41) is 18.9. The molecule has 0 bridgehead atoms. The molecule has 0 spiro atoms. The van der Waals surface area contributed by atoms with Crippen LogP contribution in [-0.4, -0.2) is 48.2 Å².